The van der Waals surface area contributed by atoms with Crippen molar-refractivity contribution in [2.75, 3.05) is 32.0 Å². The maximum atomic E-state index is 11.3. The van der Waals surface area contributed by atoms with E-state index in [9.17, 15) is 9.90 Å². The minimum Gasteiger partial charge on any atom is -0.465 e. The molecule has 22 heavy (non-hydrogen) atoms. The van der Waals surface area contributed by atoms with Crippen molar-refractivity contribution in [2.24, 2.45) is 0 Å². The third-order valence-electron chi connectivity index (χ3n) is 4.86. The highest BCUT2D eigenvalue weighted by molar-refractivity contribution is 5.66. The van der Waals surface area contributed by atoms with Gasteiger partial charge in [0.2, 0.25) is 0 Å². The smallest absolute Gasteiger partial charge is 0.407 e. The standard InChI is InChI=1S/C17H25N3O2/c1-19-10-7-14(8-11-19)18-15-5-2-4-13(12-15)16-6-3-9-20(16)17(21)22/h2,4-5,12,14,16,18H,3,6-11H2,1H3,(H,21,22). The first kappa shape index (κ1) is 15.2. The van der Waals surface area contributed by atoms with Gasteiger partial charge in [-0.2, -0.15) is 0 Å². The number of likely N-dealkylation sites (tertiary alicyclic amines) is 2. The fourth-order valence-electron chi connectivity index (χ4n) is 3.57. The summed E-state index contributed by atoms with van der Waals surface area (Å²) in [5.74, 6) is 0. The molecule has 3 rings (SSSR count). The molecule has 2 aliphatic rings. The molecular formula is C17H25N3O2. The van der Waals surface area contributed by atoms with E-state index in [4.69, 9.17) is 0 Å². The number of nitrogens with zero attached hydrogens (tertiary/aromatic N) is 2. The highest BCUT2D eigenvalue weighted by atomic mass is 16.4. The van der Waals surface area contributed by atoms with E-state index in [1.165, 1.54) is 0 Å². The van der Waals surface area contributed by atoms with E-state index in [1.54, 1.807) is 4.90 Å². The summed E-state index contributed by atoms with van der Waals surface area (Å²) >= 11 is 0. The Morgan fingerprint density at radius 3 is 2.73 bits per heavy atom. The van der Waals surface area contributed by atoms with Crippen LogP contribution in [0.5, 0.6) is 0 Å². The van der Waals surface area contributed by atoms with Crippen molar-refractivity contribution in [1.29, 1.82) is 0 Å². The molecule has 120 valence electrons. The van der Waals surface area contributed by atoms with Crippen molar-refractivity contribution < 1.29 is 9.90 Å². The molecule has 2 fully saturated rings. The van der Waals surface area contributed by atoms with Crippen molar-refractivity contribution in [2.45, 2.75) is 37.8 Å². The number of hydrogen-bond acceptors (Lipinski definition) is 3. The van der Waals surface area contributed by atoms with Crippen molar-refractivity contribution in [3.8, 4) is 0 Å². The maximum Gasteiger partial charge on any atom is 0.407 e. The molecule has 2 N–H and O–H groups in total. The van der Waals surface area contributed by atoms with Crippen LogP contribution >= 0.6 is 0 Å². The molecule has 2 heterocycles. The van der Waals surface area contributed by atoms with E-state index in [1.807, 2.05) is 12.1 Å². The van der Waals surface area contributed by atoms with E-state index >= 15 is 0 Å². The zero-order valence-corrected chi connectivity index (χ0v) is 13.2. The summed E-state index contributed by atoms with van der Waals surface area (Å²) in [5.41, 5.74) is 2.22. The lowest BCUT2D eigenvalue weighted by Crippen LogP contribution is -2.36. The number of benzene rings is 1. The van der Waals surface area contributed by atoms with Crippen LogP contribution in [0.1, 0.15) is 37.3 Å². The van der Waals surface area contributed by atoms with Gasteiger partial charge in [0.15, 0.2) is 0 Å². The number of amides is 1. The van der Waals surface area contributed by atoms with Crippen molar-refractivity contribution in [3.63, 3.8) is 0 Å². The van der Waals surface area contributed by atoms with E-state index in [2.05, 4.69) is 29.4 Å². The zero-order chi connectivity index (χ0) is 15.5. The summed E-state index contributed by atoms with van der Waals surface area (Å²) in [6.07, 6.45) is 3.38. The number of rotatable bonds is 3. The van der Waals surface area contributed by atoms with Gasteiger partial charge in [-0.25, -0.2) is 4.79 Å². The molecule has 2 saturated heterocycles. The number of carboxylic acid groups (broad SMARTS) is 1. The van der Waals surface area contributed by atoms with Gasteiger partial charge in [-0.05, 0) is 63.5 Å². The molecule has 1 amide bonds. The molecule has 1 unspecified atom stereocenters. The molecule has 0 spiro atoms. The molecule has 2 aliphatic heterocycles. The largest absolute Gasteiger partial charge is 0.465 e. The Labute approximate surface area is 131 Å². The first-order valence-electron chi connectivity index (χ1n) is 8.18. The molecule has 1 atom stereocenters. The third kappa shape index (κ3) is 3.35. The quantitative estimate of drug-likeness (QED) is 0.901. The number of anilines is 1. The number of nitrogens with one attached hydrogen (secondary N) is 1. The molecule has 0 aromatic heterocycles. The van der Waals surface area contributed by atoms with Crippen LogP contribution in [0.3, 0.4) is 0 Å². The van der Waals surface area contributed by atoms with Crippen molar-refractivity contribution >= 4 is 11.8 Å². The summed E-state index contributed by atoms with van der Waals surface area (Å²) in [6, 6.07) is 8.82. The molecule has 0 aliphatic carbocycles. The fourth-order valence-corrected chi connectivity index (χ4v) is 3.57. The van der Waals surface area contributed by atoms with E-state index in [0.717, 1.165) is 50.0 Å². The van der Waals surface area contributed by atoms with Crippen LogP contribution < -0.4 is 5.32 Å². The second-order valence-corrected chi connectivity index (χ2v) is 6.48. The van der Waals surface area contributed by atoms with Crippen molar-refractivity contribution in [3.05, 3.63) is 29.8 Å². The van der Waals surface area contributed by atoms with Gasteiger partial charge in [-0.15, -0.1) is 0 Å². The van der Waals surface area contributed by atoms with Crippen LogP contribution in [0.25, 0.3) is 0 Å². The summed E-state index contributed by atoms with van der Waals surface area (Å²) in [4.78, 5) is 15.2. The average Bonchev–Trinajstić information content (AvgIpc) is 3.00. The van der Waals surface area contributed by atoms with Crippen LogP contribution in [0.4, 0.5) is 10.5 Å². The lowest BCUT2D eigenvalue weighted by atomic mass is 10.0. The predicted molar refractivity (Wildman–Crippen MR) is 87.3 cm³/mol. The highest BCUT2D eigenvalue weighted by Crippen LogP contribution is 2.33. The number of piperidine rings is 1. The molecular weight excluding hydrogens is 278 g/mol. The first-order chi connectivity index (χ1) is 10.6. The van der Waals surface area contributed by atoms with Gasteiger partial charge < -0.3 is 20.2 Å². The predicted octanol–water partition coefficient (Wildman–Crippen LogP) is 3.01. The molecule has 0 saturated carbocycles. The van der Waals surface area contributed by atoms with Crippen molar-refractivity contribution in [1.82, 2.24) is 9.80 Å². The Bertz CT molecular complexity index is 526. The molecule has 5 nitrogen and oxygen atoms in total. The van der Waals surface area contributed by atoms with Crippen LogP contribution in [-0.2, 0) is 0 Å². The molecule has 1 aromatic rings. The van der Waals surface area contributed by atoms with Crippen LogP contribution in [-0.4, -0.2) is 53.7 Å². The molecule has 0 radical (unpaired) electrons. The summed E-state index contributed by atoms with van der Waals surface area (Å²) < 4.78 is 0. The second kappa shape index (κ2) is 6.57. The fraction of sp³-hybridized carbons (Fsp3) is 0.588. The minimum absolute atomic E-state index is 0.0109. The van der Waals surface area contributed by atoms with Crippen LogP contribution in [0, 0.1) is 0 Å². The monoisotopic (exact) mass is 303 g/mol. The number of carbonyl (C=O) groups is 1. The second-order valence-electron chi connectivity index (χ2n) is 6.48. The third-order valence-corrected chi connectivity index (χ3v) is 4.86. The van der Waals surface area contributed by atoms with Gasteiger partial charge in [0.1, 0.15) is 0 Å². The van der Waals surface area contributed by atoms with E-state index < -0.39 is 6.09 Å². The van der Waals surface area contributed by atoms with Gasteiger partial charge in [0.05, 0.1) is 6.04 Å². The van der Waals surface area contributed by atoms with Gasteiger partial charge in [-0.1, -0.05) is 12.1 Å². The SMILES string of the molecule is CN1CCC(Nc2cccc(C3CCCN3C(=O)O)c2)CC1. The Morgan fingerprint density at radius 2 is 2.00 bits per heavy atom. The maximum absolute atomic E-state index is 11.3. The van der Waals surface area contributed by atoms with Crippen LogP contribution in [0.15, 0.2) is 24.3 Å². The highest BCUT2D eigenvalue weighted by Gasteiger charge is 2.29. The zero-order valence-electron chi connectivity index (χ0n) is 13.2. The summed E-state index contributed by atoms with van der Waals surface area (Å²) in [7, 11) is 2.16. The molecule has 5 heteroatoms. The lowest BCUT2D eigenvalue weighted by Gasteiger charge is -2.30. The lowest BCUT2D eigenvalue weighted by molar-refractivity contribution is 0.140. The number of hydrogen-bond donors (Lipinski definition) is 2. The normalized spacial score (nSPS) is 23.7. The first-order valence-corrected chi connectivity index (χ1v) is 8.18. The Balaban J connectivity index is 1.68. The van der Waals surface area contributed by atoms with Gasteiger partial charge in [0.25, 0.3) is 0 Å². The summed E-state index contributed by atoms with van der Waals surface area (Å²) in [6.45, 7) is 2.91. The Hall–Kier alpha value is -1.75. The van der Waals surface area contributed by atoms with Gasteiger partial charge in [0, 0.05) is 18.3 Å². The average molecular weight is 303 g/mol. The van der Waals surface area contributed by atoms with E-state index in [0.29, 0.717) is 12.6 Å². The summed E-state index contributed by atoms with van der Waals surface area (Å²) in [5, 5.41) is 12.9. The molecule has 1 aromatic carbocycles. The van der Waals surface area contributed by atoms with Gasteiger partial charge >= 0.3 is 6.09 Å². The topological polar surface area (TPSA) is 55.8 Å². The Morgan fingerprint density at radius 1 is 1.23 bits per heavy atom. The minimum atomic E-state index is -0.809. The Kier molecular flexibility index (Phi) is 4.52. The van der Waals surface area contributed by atoms with Crippen LogP contribution in [0.2, 0.25) is 0 Å². The molecule has 0 bridgehead atoms. The van der Waals surface area contributed by atoms with Gasteiger partial charge in [-0.3, -0.25) is 0 Å². The van der Waals surface area contributed by atoms with E-state index in [-0.39, 0.29) is 6.04 Å².